The van der Waals surface area contributed by atoms with Crippen molar-refractivity contribution in [1.82, 2.24) is 4.31 Å². The quantitative estimate of drug-likeness (QED) is 0.387. The summed E-state index contributed by atoms with van der Waals surface area (Å²) >= 11 is 18.0. The van der Waals surface area contributed by atoms with Crippen molar-refractivity contribution < 1.29 is 17.9 Å². The standard InChI is InChI=1S/C23H21Cl3N2O4S/c1-27(18-6-8-19(32-2)9-7-18)23(29)15-28(14-16-3-12-21(25)22(26)13-16)33(30,31)20-10-4-17(24)5-11-20/h3-13H,14-15H2,1-2H3. The summed E-state index contributed by atoms with van der Waals surface area (Å²) in [7, 11) is -0.902. The lowest BCUT2D eigenvalue weighted by molar-refractivity contribution is -0.118. The van der Waals surface area contributed by atoms with Crippen LogP contribution in [0.4, 0.5) is 5.69 Å². The fourth-order valence-corrected chi connectivity index (χ4v) is 4.85. The van der Waals surface area contributed by atoms with Crippen molar-refractivity contribution in [2.45, 2.75) is 11.4 Å². The molecule has 0 aliphatic rings. The van der Waals surface area contributed by atoms with Gasteiger partial charge in [-0.3, -0.25) is 4.79 Å². The number of carbonyl (C=O) groups excluding carboxylic acids is 1. The van der Waals surface area contributed by atoms with Crippen LogP contribution in [0.1, 0.15) is 5.56 Å². The van der Waals surface area contributed by atoms with Gasteiger partial charge in [-0.15, -0.1) is 0 Å². The lowest BCUT2D eigenvalue weighted by atomic mass is 10.2. The SMILES string of the molecule is COc1ccc(N(C)C(=O)CN(Cc2ccc(Cl)c(Cl)c2)S(=O)(=O)c2ccc(Cl)cc2)cc1. The molecule has 0 spiro atoms. The van der Waals surface area contributed by atoms with E-state index in [9.17, 15) is 13.2 Å². The topological polar surface area (TPSA) is 66.9 Å². The summed E-state index contributed by atoms with van der Waals surface area (Å²) < 4.78 is 33.1. The zero-order valence-corrected chi connectivity index (χ0v) is 20.9. The highest BCUT2D eigenvalue weighted by molar-refractivity contribution is 7.89. The largest absolute Gasteiger partial charge is 0.497 e. The first-order valence-corrected chi connectivity index (χ1v) is 12.3. The van der Waals surface area contributed by atoms with Crippen LogP contribution in [0.5, 0.6) is 5.75 Å². The second-order valence-electron chi connectivity index (χ2n) is 7.13. The van der Waals surface area contributed by atoms with Crippen LogP contribution in [0.15, 0.2) is 71.6 Å². The Bertz CT molecular complexity index is 1230. The second-order valence-corrected chi connectivity index (χ2v) is 10.3. The maximum absolute atomic E-state index is 13.4. The van der Waals surface area contributed by atoms with Gasteiger partial charge in [-0.05, 0) is 66.2 Å². The van der Waals surface area contributed by atoms with E-state index in [2.05, 4.69) is 0 Å². The van der Waals surface area contributed by atoms with Crippen molar-refractivity contribution in [2.75, 3.05) is 25.6 Å². The summed E-state index contributed by atoms with van der Waals surface area (Å²) in [5, 5.41) is 1.04. The van der Waals surface area contributed by atoms with Gasteiger partial charge in [-0.2, -0.15) is 4.31 Å². The van der Waals surface area contributed by atoms with Crippen molar-refractivity contribution in [2.24, 2.45) is 0 Å². The molecule has 3 aromatic carbocycles. The predicted molar refractivity (Wildman–Crippen MR) is 132 cm³/mol. The third-order valence-corrected chi connectivity index (χ3v) is 7.74. The normalized spacial score (nSPS) is 11.5. The van der Waals surface area contributed by atoms with E-state index in [1.54, 1.807) is 56.6 Å². The Morgan fingerprint density at radius 2 is 1.55 bits per heavy atom. The van der Waals surface area contributed by atoms with E-state index in [1.807, 2.05) is 0 Å². The summed E-state index contributed by atoms with van der Waals surface area (Å²) in [5.41, 5.74) is 1.18. The van der Waals surface area contributed by atoms with Crippen molar-refractivity contribution in [1.29, 1.82) is 0 Å². The summed E-state index contributed by atoms with van der Waals surface area (Å²) in [6.07, 6.45) is 0. The average Bonchev–Trinajstić information content (AvgIpc) is 2.80. The molecule has 174 valence electrons. The molecular weight excluding hydrogens is 507 g/mol. The zero-order valence-electron chi connectivity index (χ0n) is 17.8. The number of sulfonamides is 1. The highest BCUT2D eigenvalue weighted by Crippen LogP contribution is 2.26. The van der Waals surface area contributed by atoms with E-state index in [0.717, 1.165) is 4.31 Å². The highest BCUT2D eigenvalue weighted by atomic mass is 35.5. The minimum atomic E-state index is -4.03. The number of amides is 1. The molecule has 33 heavy (non-hydrogen) atoms. The van der Waals surface area contributed by atoms with E-state index < -0.39 is 22.5 Å². The Kier molecular flexibility index (Phi) is 8.26. The minimum Gasteiger partial charge on any atom is -0.497 e. The molecule has 0 unspecified atom stereocenters. The molecule has 3 rings (SSSR count). The molecule has 0 fully saturated rings. The van der Waals surface area contributed by atoms with Crippen LogP contribution in [0.2, 0.25) is 15.1 Å². The Labute approximate surface area is 208 Å². The maximum atomic E-state index is 13.4. The van der Waals surface area contributed by atoms with Gasteiger partial charge in [-0.1, -0.05) is 40.9 Å². The number of nitrogens with zero attached hydrogens (tertiary/aromatic N) is 2. The maximum Gasteiger partial charge on any atom is 0.243 e. The molecule has 0 atom stereocenters. The Hall–Kier alpha value is -2.29. The van der Waals surface area contributed by atoms with Crippen molar-refractivity contribution in [3.05, 3.63) is 87.4 Å². The van der Waals surface area contributed by atoms with Crippen LogP contribution in [-0.2, 0) is 21.4 Å². The van der Waals surface area contributed by atoms with Gasteiger partial charge in [-0.25, -0.2) is 8.42 Å². The average molecular weight is 528 g/mol. The van der Waals surface area contributed by atoms with Crippen LogP contribution in [-0.4, -0.2) is 39.3 Å². The molecule has 0 bridgehead atoms. The molecule has 0 saturated heterocycles. The summed E-state index contributed by atoms with van der Waals surface area (Å²) in [5.74, 6) is 0.226. The second kappa shape index (κ2) is 10.8. The first-order valence-electron chi connectivity index (χ1n) is 9.72. The number of rotatable bonds is 8. The highest BCUT2D eigenvalue weighted by Gasteiger charge is 2.28. The van der Waals surface area contributed by atoms with Gasteiger partial charge < -0.3 is 9.64 Å². The number of hydrogen-bond donors (Lipinski definition) is 0. The van der Waals surface area contributed by atoms with Gasteiger partial charge in [0.2, 0.25) is 15.9 Å². The predicted octanol–water partition coefficient (Wildman–Crippen LogP) is 5.51. The van der Waals surface area contributed by atoms with Crippen LogP contribution in [0.3, 0.4) is 0 Å². The van der Waals surface area contributed by atoms with Gasteiger partial charge in [0.1, 0.15) is 5.75 Å². The summed E-state index contributed by atoms with van der Waals surface area (Å²) in [4.78, 5) is 14.5. The number of methoxy groups -OCH3 is 1. The molecule has 0 aromatic heterocycles. The van der Waals surface area contributed by atoms with Gasteiger partial charge in [0.25, 0.3) is 0 Å². The smallest absolute Gasteiger partial charge is 0.243 e. The lowest BCUT2D eigenvalue weighted by Crippen LogP contribution is -2.41. The molecule has 3 aromatic rings. The number of carbonyl (C=O) groups is 1. The van der Waals surface area contributed by atoms with Crippen molar-refractivity contribution in [3.63, 3.8) is 0 Å². The number of anilines is 1. The van der Waals surface area contributed by atoms with Crippen LogP contribution in [0, 0.1) is 0 Å². The number of halogens is 3. The third kappa shape index (κ3) is 6.19. The van der Waals surface area contributed by atoms with E-state index in [-0.39, 0.29) is 11.4 Å². The first kappa shape index (κ1) is 25.3. The van der Waals surface area contributed by atoms with Gasteiger partial charge in [0.15, 0.2) is 0 Å². The Morgan fingerprint density at radius 3 is 2.12 bits per heavy atom. The number of likely N-dealkylation sites (N-methyl/N-ethyl adjacent to an activating group) is 1. The number of ether oxygens (including phenoxy) is 1. The molecule has 10 heteroatoms. The fraction of sp³-hybridized carbons (Fsp3) is 0.174. The monoisotopic (exact) mass is 526 g/mol. The van der Waals surface area contributed by atoms with E-state index in [0.29, 0.717) is 32.1 Å². The van der Waals surface area contributed by atoms with Crippen LogP contribution < -0.4 is 9.64 Å². The number of benzene rings is 3. The van der Waals surface area contributed by atoms with Crippen LogP contribution in [0.25, 0.3) is 0 Å². The number of hydrogen-bond acceptors (Lipinski definition) is 4. The van der Waals surface area contributed by atoms with E-state index >= 15 is 0 Å². The molecule has 0 aliphatic carbocycles. The molecule has 1 amide bonds. The van der Waals surface area contributed by atoms with E-state index in [4.69, 9.17) is 39.5 Å². The fourth-order valence-electron chi connectivity index (χ4n) is 3.03. The lowest BCUT2D eigenvalue weighted by Gasteiger charge is -2.25. The molecule has 0 N–H and O–H groups in total. The van der Waals surface area contributed by atoms with Crippen molar-refractivity contribution in [3.8, 4) is 5.75 Å². The Morgan fingerprint density at radius 1 is 0.909 bits per heavy atom. The van der Waals surface area contributed by atoms with Gasteiger partial charge in [0, 0.05) is 24.3 Å². The molecule has 6 nitrogen and oxygen atoms in total. The molecular formula is C23H21Cl3N2O4S. The van der Waals surface area contributed by atoms with Gasteiger partial charge >= 0.3 is 0 Å². The minimum absolute atomic E-state index is 0.0202. The molecule has 0 heterocycles. The van der Waals surface area contributed by atoms with Gasteiger partial charge in [0.05, 0.1) is 28.6 Å². The first-order chi connectivity index (χ1) is 15.6. The molecule has 0 radical (unpaired) electrons. The van der Waals surface area contributed by atoms with Crippen molar-refractivity contribution >= 4 is 56.4 Å². The third-order valence-electron chi connectivity index (χ3n) is 4.94. The zero-order chi connectivity index (χ0) is 24.2. The molecule has 0 saturated carbocycles. The summed E-state index contributed by atoms with van der Waals surface area (Å²) in [6, 6.07) is 17.5. The molecule has 0 aliphatic heterocycles. The summed E-state index contributed by atoms with van der Waals surface area (Å²) in [6.45, 7) is -0.474. The van der Waals surface area contributed by atoms with Crippen LogP contribution >= 0.6 is 34.8 Å². The van der Waals surface area contributed by atoms with E-state index in [1.165, 1.54) is 29.2 Å². The Balaban J connectivity index is 1.92.